The molecule has 10 heteroatoms. The maximum Gasteiger partial charge on any atom is 0.264 e. The van der Waals surface area contributed by atoms with E-state index in [1.807, 2.05) is 44.1 Å². The molecule has 1 amide bonds. The van der Waals surface area contributed by atoms with E-state index in [0.29, 0.717) is 32.0 Å². The van der Waals surface area contributed by atoms with Crippen molar-refractivity contribution in [2.75, 3.05) is 45.2 Å². The fourth-order valence-electron chi connectivity index (χ4n) is 7.11. The maximum absolute atomic E-state index is 13.2. The minimum atomic E-state index is -3.81. The molecule has 1 saturated carbocycles. The number of ether oxygens (including phenoxy) is 1. The van der Waals surface area contributed by atoms with Crippen molar-refractivity contribution in [2.45, 2.75) is 75.6 Å². The standard InChI is InChI=1S/C37H48ClN3O5S/c1-6-7-18-37(43,19-9-20-40(4)5)32-14-11-29(32)23-41-24-36(17-8-10-27-21-30(38)13-15-31(27)36)25-46-34-16-12-28(22-33(34)41)35(42)39-47(44,45)26(2)3/h7,12-13,15-16,18,21-22,26,29,32,43H,6,8,10-11,14,17,20,23-25H2,1-5H3,(H,39,42)/b18-7+/t29-,32+,36-,37-/m0/s1. The molecule has 1 heterocycles. The first-order valence-electron chi connectivity index (χ1n) is 16.7. The van der Waals surface area contributed by atoms with Crippen LogP contribution in [0.2, 0.25) is 5.02 Å². The number of aryl methyl sites for hydroxylation is 1. The Bertz CT molecular complexity index is 1680. The monoisotopic (exact) mass is 681 g/mol. The molecule has 1 fully saturated rings. The lowest BCUT2D eigenvalue weighted by atomic mass is 9.64. The molecule has 8 nitrogen and oxygen atoms in total. The van der Waals surface area contributed by atoms with Crippen molar-refractivity contribution < 1.29 is 23.1 Å². The first-order chi connectivity index (χ1) is 22.3. The number of hydrogen-bond acceptors (Lipinski definition) is 7. The molecule has 254 valence electrons. The lowest BCUT2D eigenvalue weighted by Gasteiger charge is -2.47. The van der Waals surface area contributed by atoms with Crippen molar-refractivity contribution >= 4 is 33.2 Å². The van der Waals surface area contributed by atoms with Gasteiger partial charge in [0.25, 0.3) is 5.91 Å². The number of allylic oxidation sites excluding steroid dienone is 1. The van der Waals surface area contributed by atoms with Crippen LogP contribution in [0, 0.1) is 23.7 Å². The highest BCUT2D eigenvalue weighted by Crippen LogP contribution is 2.48. The third kappa shape index (κ3) is 7.67. The minimum Gasteiger partial charge on any atom is -0.490 e. The van der Waals surface area contributed by atoms with Crippen LogP contribution in [-0.2, 0) is 21.9 Å². The molecule has 3 aliphatic rings. The number of anilines is 1. The molecular weight excluding hydrogens is 634 g/mol. The van der Waals surface area contributed by atoms with E-state index in [0.717, 1.165) is 49.2 Å². The number of halogens is 1. The number of fused-ring (bicyclic) bond motifs is 3. The van der Waals surface area contributed by atoms with Gasteiger partial charge in [0.2, 0.25) is 10.0 Å². The average molecular weight is 682 g/mol. The van der Waals surface area contributed by atoms with Gasteiger partial charge in [-0.2, -0.15) is 0 Å². The molecule has 1 aliphatic heterocycles. The van der Waals surface area contributed by atoms with Gasteiger partial charge in [-0.3, -0.25) is 9.69 Å². The van der Waals surface area contributed by atoms with Crippen molar-refractivity contribution in [3.63, 3.8) is 0 Å². The van der Waals surface area contributed by atoms with Gasteiger partial charge in [-0.15, -0.1) is 0 Å². The van der Waals surface area contributed by atoms with Gasteiger partial charge in [-0.05, 0) is 120 Å². The Morgan fingerprint density at radius 1 is 1.26 bits per heavy atom. The first kappa shape index (κ1) is 35.3. The summed E-state index contributed by atoms with van der Waals surface area (Å²) in [6, 6.07) is 11.3. The summed E-state index contributed by atoms with van der Waals surface area (Å²) in [5.41, 5.74) is 1.89. The lowest BCUT2D eigenvalue weighted by Crippen LogP contribution is -2.52. The van der Waals surface area contributed by atoms with Crippen molar-refractivity contribution in [2.24, 2.45) is 11.8 Å². The molecule has 2 aromatic carbocycles. The number of carbonyl (C=O) groups is 1. The van der Waals surface area contributed by atoms with Crippen molar-refractivity contribution in [1.29, 1.82) is 0 Å². The summed E-state index contributed by atoms with van der Waals surface area (Å²) < 4.78 is 33.9. The van der Waals surface area contributed by atoms with Gasteiger partial charge < -0.3 is 14.7 Å². The van der Waals surface area contributed by atoms with Crippen molar-refractivity contribution in [3.8, 4) is 17.6 Å². The molecule has 0 unspecified atom stereocenters. The summed E-state index contributed by atoms with van der Waals surface area (Å²) in [5.74, 6) is 6.42. The zero-order valence-electron chi connectivity index (χ0n) is 28.2. The molecule has 4 atom stereocenters. The van der Waals surface area contributed by atoms with E-state index in [4.69, 9.17) is 16.3 Å². The summed E-state index contributed by atoms with van der Waals surface area (Å²) >= 11 is 6.43. The Balaban J connectivity index is 1.53. The highest BCUT2D eigenvalue weighted by atomic mass is 35.5. The van der Waals surface area contributed by atoms with Gasteiger partial charge >= 0.3 is 0 Å². The molecule has 0 bridgehead atoms. The second kappa shape index (κ2) is 14.2. The normalized spacial score (nSPS) is 23.6. The summed E-state index contributed by atoms with van der Waals surface area (Å²) in [6.45, 7) is 7.40. The van der Waals surface area contributed by atoms with Crippen LogP contribution in [0.15, 0.2) is 48.6 Å². The number of hydrogen-bond donors (Lipinski definition) is 2. The van der Waals surface area contributed by atoms with Crippen LogP contribution >= 0.6 is 11.6 Å². The minimum absolute atomic E-state index is 0.0661. The molecule has 2 aromatic rings. The fourth-order valence-corrected chi connectivity index (χ4v) is 7.91. The summed E-state index contributed by atoms with van der Waals surface area (Å²) in [5, 5.41) is 11.9. The van der Waals surface area contributed by atoms with Crippen LogP contribution in [-0.4, -0.2) is 75.5 Å². The summed E-state index contributed by atoms with van der Waals surface area (Å²) in [6.07, 6.45) is 9.32. The van der Waals surface area contributed by atoms with Gasteiger partial charge in [-0.25, -0.2) is 13.1 Å². The van der Waals surface area contributed by atoms with Gasteiger partial charge in [-0.1, -0.05) is 42.5 Å². The molecule has 2 aliphatic carbocycles. The number of nitrogens with zero attached hydrogens (tertiary/aromatic N) is 2. The lowest BCUT2D eigenvalue weighted by molar-refractivity contribution is -0.00321. The number of benzene rings is 2. The van der Waals surface area contributed by atoms with Gasteiger partial charge in [0.15, 0.2) is 0 Å². The molecule has 1 spiro atoms. The van der Waals surface area contributed by atoms with E-state index < -0.39 is 26.8 Å². The van der Waals surface area contributed by atoms with E-state index in [-0.39, 0.29) is 22.8 Å². The topological polar surface area (TPSA) is 99.2 Å². The van der Waals surface area contributed by atoms with Crippen LogP contribution in [0.25, 0.3) is 0 Å². The van der Waals surface area contributed by atoms with E-state index in [9.17, 15) is 18.3 Å². The summed E-state index contributed by atoms with van der Waals surface area (Å²) in [7, 11) is 0.107. The second-order valence-electron chi connectivity index (χ2n) is 13.9. The maximum atomic E-state index is 13.2. The van der Waals surface area contributed by atoms with E-state index in [2.05, 4.69) is 33.6 Å². The Morgan fingerprint density at radius 3 is 2.72 bits per heavy atom. The van der Waals surface area contributed by atoms with Crippen LogP contribution < -0.4 is 14.4 Å². The van der Waals surface area contributed by atoms with E-state index >= 15 is 0 Å². The Kier molecular flexibility index (Phi) is 10.7. The first-order valence-corrected chi connectivity index (χ1v) is 18.6. The molecular formula is C37H48ClN3O5S. The van der Waals surface area contributed by atoms with Crippen LogP contribution in [0.1, 0.15) is 74.4 Å². The Hall–Kier alpha value is -3.03. The SMILES string of the molecule is CC/C=C/[C@](O)(C#CCN(C)C)[C@@H]1CC[C@H]1CN1C[C@@]2(CCCc3cc(Cl)ccc32)COc2ccc(C(=O)NS(=O)(=O)C(C)C)cc21. The number of aliphatic hydroxyl groups is 1. The molecule has 2 N–H and O–H groups in total. The average Bonchev–Trinajstić information content (AvgIpc) is 3.14. The fraction of sp³-hybridized carbons (Fsp3) is 0.541. The van der Waals surface area contributed by atoms with Gasteiger partial charge in [0, 0.05) is 35.0 Å². The number of sulfonamides is 1. The molecule has 0 radical (unpaired) electrons. The second-order valence-corrected chi connectivity index (χ2v) is 16.6. The third-order valence-corrected chi connectivity index (χ3v) is 11.8. The largest absolute Gasteiger partial charge is 0.490 e. The number of rotatable bonds is 9. The predicted octanol–water partition coefficient (Wildman–Crippen LogP) is 5.57. The number of amides is 1. The Labute approximate surface area is 285 Å². The van der Waals surface area contributed by atoms with Gasteiger partial charge in [0.05, 0.1) is 24.1 Å². The number of nitrogens with one attached hydrogen (secondary N) is 1. The van der Waals surface area contributed by atoms with Crippen molar-refractivity contribution in [1.82, 2.24) is 9.62 Å². The highest BCUT2D eigenvalue weighted by molar-refractivity contribution is 7.90. The molecule has 0 saturated heterocycles. The zero-order chi connectivity index (χ0) is 34.0. The van der Waals surface area contributed by atoms with Crippen molar-refractivity contribution in [3.05, 3.63) is 70.3 Å². The van der Waals surface area contributed by atoms with Gasteiger partial charge in [0.1, 0.15) is 11.4 Å². The van der Waals surface area contributed by atoms with Crippen LogP contribution in [0.4, 0.5) is 5.69 Å². The molecule has 47 heavy (non-hydrogen) atoms. The number of carbonyl (C=O) groups excluding carboxylic acids is 1. The smallest absolute Gasteiger partial charge is 0.264 e. The predicted molar refractivity (Wildman–Crippen MR) is 189 cm³/mol. The highest BCUT2D eigenvalue weighted by Gasteiger charge is 2.47. The van der Waals surface area contributed by atoms with Crippen LogP contribution in [0.3, 0.4) is 0 Å². The Morgan fingerprint density at radius 2 is 2.04 bits per heavy atom. The van der Waals surface area contributed by atoms with E-state index in [1.165, 1.54) is 25.0 Å². The quantitative estimate of drug-likeness (QED) is 0.264. The molecule has 0 aromatic heterocycles. The van der Waals surface area contributed by atoms with Crippen LogP contribution in [0.5, 0.6) is 5.75 Å². The third-order valence-electron chi connectivity index (χ3n) is 9.88. The van der Waals surface area contributed by atoms with E-state index in [1.54, 1.807) is 18.2 Å². The molecule has 5 rings (SSSR count). The summed E-state index contributed by atoms with van der Waals surface area (Å²) in [4.78, 5) is 17.5. The zero-order valence-corrected chi connectivity index (χ0v) is 29.8.